The van der Waals surface area contributed by atoms with E-state index >= 15 is 0 Å². The molecule has 0 bridgehead atoms. The lowest BCUT2D eigenvalue weighted by atomic mass is 10.2. The van der Waals surface area contributed by atoms with Gasteiger partial charge in [0.25, 0.3) is 0 Å². The van der Waals surface area contributed by atoms with Crippen molar-refractivity contribution in [1.29, 1.82) is 0 Å². The summed E-state index contributed by atoms with van der Waals surface area (Å²) in [4.78, 5) is 0. The molecule has 0 aliphatic carbocycles. The predicted molar refractivity (Wildman–Crippen MR) is 84.8 cm³/mol. The second-order valence-electron chi connectivity index (χ2n) is 4.97. The zero-order chi connectivity index (χ0) is 14.5. The standard InChI is InChI=1S/C14H22FN5.ClH/c1-4-6-19-10-13(12(3)17-19)8-16-14-11(2)9-20(18-14)7-5-15;/h9-10H,4-8H2,1-3H3,(H,16,18);1H. The third kappa shape index (κ3) is 4.46. The van der Waals surface area contributed by atoms with Gasteiger partial charge in [-0.3, -0.25) is 9.36 Å². The van der Waals surface area contributed by atoms with Gasteiger partial charge in [0.05, 0.1) is 12.2 Å². The quantitative estimate of drug-likeness (QED) is 0.854. The van der Waals surface area contributed by atoms with Crippen LogP contribution in [0, 0.1) is 13.8 Å². The van der Waals surface area contributed by atoms with Crippen molar-refractivity contribution in [3.05, 3.63) is 29.2 Å². The van der Waals surface area contributed by atoms with Gasteiger partial charge < -0.3 is 5.32 Å². The number of aromatic nitrogens is 4. The molecule has 0 radical (unpaired) electrons. The Bertz CT molecular complexity index is 513. The average Bonchev–Trinajstić information content (AvgIpc) is 2.91. The van der Waals surface area contributed by atoms with Gasteiger partial charge in [-0.1, -0.05) is 6.92 Å². The highest BCUT2D eigenvalue weighted by Gasteiger charge is 2.08. The minimum absolute atomic E-state index is 0. The molecule has 0 aromatic carbocycles. The van der Waals surface area contributed by atoms with Gasteiger partial charge in [-0.05, 0) is 20.3 Å². The molecule has 0 unspecified atom stereocenters. The van der Waals surface area contributed by atoms with Crippen LogP contribution in [0.25, 0.3) is 0 Å². The number of rotatable bonds is 7. The van der Waals surface area contributed by atoms with E-state index in [0.717, 1.165) is 35.6 Å². The molecule has 21 heavy (non-hydrogen) atoms. The minimum Gasteiger partial charge on any atom is -0.364 e. The van der Waals surface area contributed by atoms with Crippen LogP contribution in [0.15, 0.2) is 12.4 Å². The van der Waals surface area contributed by atoms with Crippen molar-refractivity contribution in [2.75, 3.05) is 12.0 Å². The summed E-state index contributed by atoms with van der Waals surface area (Å²) in [5.41, 5.74) is 3.22. The summed E-state index contributed by atoms with van der Waals surface area (Å²) in [6.45, 7) is 7.64. The van der Waals surface area contributed by atoms with E-state index < -0.39 is 6.67 Å². The predicted octanol–water partition coefficient (Wildman–Crippen LogP) is 3.11. The molecule has 1 N–H and O–H groups in total. The summed E-state index contributed by atoms with van der Waals surface area (Å²) in [6.07, 6.45) is 5.00. The van der Waals surface area contributed by atoms with Crippen LogP contribution in [0.5, 0.6) is 0 Å². The number of hydrogen-bond donors (Lipinski definition) is 1. The molecule has 0 aliphatic rings. The lowest BCUT2D eigenvalue weighted by Gasteiger charge is -2.03. The maximum atomic E-state index is 12.3. The van der Waals surface area contributed by atoms with E-state index in [9.17, 15) is 4.39 Å². The Kier molecular flexibility index (Phi) is 6.68. The van der Waals surface area contributed by atoms with Crippen molar-refractivity contribution in [3.63, 3.8) is 0 Å². The van der Waals surface area contributed by atoms with Crippen LogP contribution in [-0.2, 0) is 19.6 Å². The molecule has 0 saturated heterocycles. The molecule has 2 heterocycles. The number of hydrogen-bond acceptors (Lipinski definition) is 3. The highest BCUT2D eigenvalue weighted by molar-refractivity contribution is 5.85. The number of aryl methyl sites for hydroxylation is 4. The molecule has 0 atom stereocenters. The van der Waals surface area contributed by atoms with Gasteiger partial charge in [-0.2, -0.15) is 10.2 Å². The Hall–Kier alpha value is -1.56. The van der Waals surface area contributed by atoms with Crippen LogP contribution in [0.4, 0.5) is 10.2 Å². The summed E-state index contributed by atoms with van der Waals surface area (Å²) in [7, 11) is 0. The number of alkyl halides is 1. The zero-order valence-electron chi connectivity index (χ0n) is 12.8. The van der Waals surface area contributed by atoms with Crippen molar-refractivity contribution in [3.8, 4) is 0 Å². The van der Waals surface area contributed by atoms with Crippen LogP contribution < -0.4 is 5.32 Å². The SMILES string of the molecule is CCCn1cc(CNc2nn(CCF)cc2C)c(C)n1.Cl. The fourth-order valence-electron chi connectivity index (χ4n) is 2.15. The second-order valence-corrected chi connectivity index (χ2v) is 4.97. The molecule has 0 amide bonds. The Morgan fingerprint density at radius 3 is 2.52 bits per heavy atom. The third-order valence-corrected chi connectivity index (χ3v) is 3.21. The summed E-state index contributed by atoms with van der Waals surface area (Å²) >= 11 is 0. The Morgan fingerprint density at radius 2 is 1.86 bits per heavy atom. The summed E-state index contributed by atoms with van der Waals surface area (Å²) in [6, 6.07) is 0. The highest BCUT2D eigenvalue weighted by Crippen LogP contribution is 2.14. The van der Waals surface area contributed by atoms with E-state index in [4.69, 9.17) is 0 Å². The fraction of sp³-hybridized carbons (Fsp3) is 0.571. The van der Waals surface area contributed by atoms with Crippen LogP contribution in [-0.4, -0.2) is 26.2 Å². The van der Waals surface area contributed by atoms with Crippen molar-refractivity contribution in [2.24, 2.45) is 0 Å². The molecule has 0 aliphatic heterocycles. The van der Waals surface area contributed by atoms with Crippen molar-refractivity contribution >= 4 is 18.2 Å². The van der Waals surface area contributed by atoms with Gasteiger partial charge in [-0.25, -0.2) is 4.39 Å². The molecular formula is C14H23ClFN5. The number of halogens is 2. The lowest BCUT2D eigenvalue weighted by Crippen LogP contribution is -2.04. The number of nitrogens with zero attached hydrogens (tertiary/aromatic N) is 4. The van der Waals surface area contributed by atoms with Gasteiger partial charge in [0.1, 0.15) is 6.67 Å². The smallest absolute Gasteiger partial charge is 0.151 e. The Morgan fingerprint density at radius 1 is 1.14 bits per heavy atom. The lowest BCUT2D eigenvalue weighted by molar-refractivity contribution is 0.427. The first kappa shape index (κ1) is 17.5. The van der Waals surface area contributed by atoms with Gasteiger partial charge in [0.2, 0.25) is 0 Å². The van der Waals surface area contributed by atoms with Gasteiger partial charge in [-0.15, -0.1) is 12.4 Å². The first-order valence-electron chi connectivity index (χ1n) is 7.00. The monoisotopic (exact) mass is 315 g/mol. The van der Waals surface area contributed by atoms with Crippen molar-refractivity contribution in [2.45, 2.75) is 46.8 Å². The van der Waals surface area contributed by atoms with Crippen LogP contribution in [0.1, 0.15) is 30.2 Å². The largest absolute Gasteiger partial charge is 0.364 e. The van der Waals surface area contributed by atoms with Crippen LogP contribution >= 0.6 is 12.4 Å². The Labute approximate surface area is 130 Å². The maximum Gasteiger partial charge on any atom is 0.151 e. The first-order chi connectivity index (χ1) is 9.63. The van der Waals surface area contributed by atoms with Crippen molar-refractivity contribution in [1.82, 2.24) is 19.6 Å². The van der Waals surface area contributed by atoms with Gasteiger partial charge in [0.15, 0.2) is 5.82 Å². The summed E-state index contributed by atoms with van der Waals surface area (Å²) in [5, 5.41) is 12.1. The van der Waals surface area contributed by atoms with Crippen LogP contribution in [0.3, 0.4) is 0 Å². The number of anilines is 1. The van der Waals surface area contributed by atoms with Crippen LogP contribution in [0.2, 0.25) is 0 Å². The van der Waals surface area contributed by atoms with E-state index in [0.29, 0.717) is 13.1 Å². The molecule has 2 aromatic heterocycles. The molecule has 5 nitrogen and oxygen atoms in total. The van der Waals surface area contributed by atoms with E-state index in [1.165, 1.54) is 0 Å². The molecule has 0 fully saturated rings. The minimum atomic E-state index is -0.399. The van der Waals surface area contributed by atoms with Gasteiger partial charge >= 0.3 is 0 Å². The number of nitrogens with one attached hydrogen (secondary N) is 1. The third-order valence-electron chi connectivity index (χ3n) is 3.21. The Balaban J connectivity index is 0.00000220. The average molecular weight is 316 g/mol. The first-order valence-corrected chi connectivity index (χ1v) is 7.00. The molecule has 2 aromatic rings. The molecule has 0 spiro atoms. The topological polar surface area (TPSA) is 47.7 Å². The van der Waals surface area contributed by atoms with E-state index in [1.807, 2.05) is 24.7 Å². The normalized spacial score (nSPS) is 10.5. The molecular weight excluding hydrogens is 293 g/mol. The fourth-order valence-corrected chi connectivity index (χ4v) is 2.15. The molecule has 0 saturated carbocycles. The van der Waals surface area contributed by atoms with E-state index in [-0.39, 0.29) is 12.4 Å². The maximum absolute atomic E-state index is 12.3. The molecule has 7 heteroatoms. The zero-order valence-corrected chi connectivity index (χ0v) is 13.6. The molecule has 118 valence electrons. The summed E-state index contributed by atoms with van der Waals surface area (Å²) in [5.74, 6) is 0.807. The second kappa shape index (κ2) is 8.02. The van der Waals surface area contributed by atoms with E-state index in [2.05, 4.69) is 28.6 Å². The molecule has 2 rings (SSSR count). The summed E-state index contributed by atoms with van der Waals surface area (Å²) < 4.78 is 15.9. The van der Waals surface area contributed by atoms with Crippen molar-refractivity contribution < 1.29 is 4.39 Å². The van der Waals surface area contributed by atoms with Gasteiger partial charge in [0, 0.05) is 36.6 Å². The van der Waals surface area contributed by atoms with E-state index in [1.54, 1.807) is 4.68 Å². The highest BCUT2D eigenvalue weighted by atomic mass is 35.5.